The van der Waals surface area contributed by atoms with Crippen molar-refractivity contribution in [3.8, 4) is 0 Å². The van der Waals surface area contributed by atoms with Gasteiger partial charge in [0.05, 0.1) is 0 Å². The maximum atomic E-state index is 12.0. The van der Waals surface area contributed by atoms with E-state index in [-0.39, 0.29) is 12.8 Å². The first kappa shape index (κ1) is 17.7. The second-order valence-electron chi connectivity index (χ2n) is 5.77. The summed E-state index contributed by atoms with van der Waals surface area (Å²) in [6.45, 7) is 0. The van der Waals surface area contributed by atoms with Crippen LogP contribution < -0.4 is 11.5 Å². The van der Waals surface area contributed by atoms with Gasteiger partial charge in [0.25, 0.3) is 11.8 Å². The van der Waals surface area contributed by atoms with Crippen molar-refractivity contribution in [1.29, 1.82) is 0 Å². The molecule has 0 spiro atoms. The van der Waals surface area contributed by atoms with Crippen LogP contribution in [0.25, 0.3) is 0 Å². The maximum absolute atomic E-state index is 12.0. The van der Waals surface area contributed by atoms with Crippen LogP contribution in [0.4, 0.5) is 0 Å². The van der Waals surface area contributed by atoms with Crippen LogP contribution in [-0.2, 0) is 22.4 Å². The highest BCUT2D eigenvalue weighted by Gasteiger charge is 2.57. The smallest absolute Gasteiger partial charge is 0.253 e. The molecule has 6 N–H and O–H groups in total. The molecular weight excluding hydrogens is 308 g/mol. The average molecular weight is 328 g/mol. The van der Waals surface area contributed by atoms with E-state index in [1.807, 2.05) is 0 Å². The number of hydrogen-bond donors (Lipinski definition) is 4. The Morgan fingerprint density at radius 1 is 0.708 bits per heavy atom. The van der Waals surface area contributed by atoms with Gasteiger partial charge in [-0.25, -0.2) is 0 Å². The van der Waals surface area contributed by atoms with Crippen molar-refractivity contribution in [2.45, 2.75) is 24.0 Å². The molecule has 0 heterocycles. The number of aliphatic hydroxyl groups is 2. The highest BCUT2D eigenvalue weighted by atomic mass is 16.4. The molecule has 2 rings (SSSR count). The zero-order valence-electron chi connectivity index (χ0n) is 13.1. The lowest BCUT2D eigenvalue weighted by molar-refractivity contribution is -0.181. The zero-order chi connectivity index (χ0) is 17.8. The number of amides is 2. The average Bonchev–Trinajstić information content (AvgIpc) is 2.56. The van der Waals surface area contributed by atoms with Crippen LogP contribution in [0.5, 0.6) is 0 Å². The number of hydrogen-bond acceptors (Lipinski definition) is 4. The predicted molar refractivity (Wildman–Crippen MR) is 88.6 cm³/mol. The maximum Gasteiger partial charge on any atom is 0.253 e. The standard InChI is InChI=1S/C18H20N2O4/c19-15(21)17(23,11-13-7-3-1-4-8-13)18(24,16(20)22)12-14-9-5-2-6-10-14/h1-10,23-24H,11-12H2,(H2,19,21)(H2,20,22). The van der Waals surface area contributed by atoms with Crippen LogP contribution in [0.3, 0.4) is 0 Å². The monoisotopic (exact) mass is 328 g/mol. The first-order valence-electron chi connectivity index (χ1n) is 7.42. The Balaban J connectivity index is 2.47. The van der Waals surface area contributed by atoms with Gasteiger partial charge in [0.15, 0.2) is 11.2 Å². The summed E-state index contributed by atoms with van der Waals surface area (Å²) >= 11 is 0. The number of nitrogens with two attached hydrogens (primary N) is 2. The third-order valence-electron chi connectivity index (χ3n) is 4.11. The molecule has 2 atom stereocenters. The molecule has 2 amide bonds. The Bertz CT molecular complexity index is 657. The first-order chi connectivity index (χ1) is 11.3. The summed E-state index contributed by atoms with van der Waals surface area (Å²) in [4.78, 5) is 23.9. The fourth-order valence-corrected chi connectivity index (χ4v) is 2.66. The van der Waals surface area contributed by atoms with Gasteiger partial charge in [-0.1, -0.05) is 60.7 Å². The Morgan fingerprint density at radius 3 is 1.25 bits per heavy atom. The predicted octanol–water partition coefficient (Wildman–Crippen LogP) is -0.0954. The summed E-state index contributed by atoms with van der Waals surface area (Å²) in [5.74, 6) is -2.44. The van der Waals surface area contributed by atoms with E-state index in [0.29, 0.717) is 11.1 Å². The molecule has 0 aliphatic heterocycles. The highest BCUT2D eigenvalue weighted by molar-refractivity contribution is 5.96. The third-order valence-corrected chi connectivity index (χ3v) is 4.11. The van der Waals surface area contributed by atoms with E-state index in [9.17, 15) is 19.8 Å². The minimum Gasteiger partial charge on any atom is -0.377 e. The molecule has 0 saturated heterocycles. The van der Waals surface area contributed by atoms with Gasteiger partial charge in [-0.15, -0.1) is 0 Å². The molecule has 0 saturated carbocycles. The number of primary amides is 2. The zero-order valence-corrected chi connectivity index (χ0v) is 13.1. The molecule has 24 heavy (non-hydrogen) atoms. The van der Waals surface area contributed by atoms with Gasteiger partial charge >= 0.3 is 0 Å². The minimum atomic E-state index is -2.55. The Labute approximate surface area is 139 Å². The van der Waals surface area contributed by atoms with E-state index in [1.54, 1.807) is 60.7 Å². The van der Waals surface area contributed by atoms with Crippen LogP contribution in [0.1, 0.15) is 11.1 Å². The largest absolute Gasteiger partial charge is 0.377 e. The Kier molecular flexibility index (Phi) is 5.02. The molecular formula is C18H20N2O4. The van der Waals surface area contributed by atoms with Gasteiger partial charge in [0.1, 0.15) is 0 Å². The van der Waals surface area contributed by atoms with E-state index in [2.05, 4.69) is 0 Å². The van der Waals surface area contributed by atoms with Gasteiger partial charge in [-0.2, -0.15) is 0 Å². The van der Waals surface area contributed by atoms with Crippen LogP contribution in [-0.4, -0.2) is 33.2 Å². The molecule has 2 aromatic rings. The van der Waals surface area contributed by atoms with E-state index in [4.69, 9.17) is 11.5 Å². The molecule has 0 aliphatic carbocycles. The van der Waals surface area contributed by atoms with Crippen LogP contribution in [0.2, 0.25) is 0 Å². The molecule has 6 nitrogen and oxygen atoms in total. The van der Waals surface area contributed by atoms with E-state index < -0.39 is 23.0 Å². The summed E-state index contributed by atoms with van der Waals surface area (Å²) in [7, 11) is 0. The fraction of sp³-hybridized carbons (Fsp3) is 0.222. The SMILES string of the molecule is NC(=O)C(O)(Cc1ccccc1)C(O)(Cc1ccccc1)C(N)=O. The number of rotatable bonds is 7. The molecule has 0 bridgehead atoms. The van der Waals surface area contributed by atoms with E-state index in [1.165, 1.54) is 0 Å². The van der Waals surface area contributed by atoms with Crippen molar-refractivity contribution >= 4 is 11.8 Å². The quantitative estimate of drug-likeness (QED) is 0.566. The fourth-order valence-electron chi connectivity index (χ4n) is 2.66. The third kappa shape index (κ3) is 3.29. The second-order valence-corrected chi connectivity index (χ2v) is 5.77. The van der Waals surface area contributed by atoms with Crippen molar-refractivity contribution in [3.63, 3.8) is 0 Å². The van der Waals surface area contributed by atoms with Gasteiger partial charge < -0.3 is 21.7 Å². The van der Waals surface area contributed by atoms with Gasteiger partial charge in [0.2, 0.25) is 0 Å². The topological polar surface area (TPSA) is 127 Å². The summed E-state index contributed by atoms with van der Waals surface area (Å²) in [5.41, 5.74) is 6.66. The Morgan fingerprint density at radius 2 is 1.00 bits per heavy atom. The van der Waals surface area contributed by atoms with Gasteiger partial charge in [0, 0.05) is 12.8 Å². The van der Waals surface area contributed by atoms with Crippen LogP contribution in [0.15, 0.2) is 60.7 Å². The molecule has 2 aromatic carbocycles. The summed E-state index contributed by atoms with van der Waals surface area (Å²) in [6, 6.07) is 16.9. The molecule has 0 fully saturated rings. The van der Waals surface area contributed by atoms with E-state index in [0.717, 1.165) is 0 Å². The summed E-state index contributed by atoms with van der Waals surface area (Å²) in [5, 5.41) is 21.7. The first-order valence-corrected chi connectivity index (χ1v) is 7.42. The molecule has 2 unspecified atom stereocenters. The molecule has 0 aromatic heterocycles. The van der Waals surface area contributed by atoms with Crippen LogP contribution in [0, 0.1) is 0 Å². The molecule has 0 radical (unpaired) electrons. The van der Waals surface area contributed by atoms with Crippen molar-refractivity contribution in [3.05, 3.63) is 71.8 Å². The summed E-state index contributed by atoms with van der Waals surface area (Å²) in [6.07, 6.45) is -0.676. The van der Waals surface area contributed by atoms with Crippen molar-refractivity contribution < 1.29 is 19.8 Å². The number of benzene rings is 2. The highest BCUT2D eigenvalue weighted by Crippen LogP contribution is 2.30. The second kappa shape index (κ2) is 6.82. The van der Waals surface area contributed by atoms with E-state index >= 15 is 0 Å². The lowest BCUT2D eigenvalue weighted by Crippen LogP contribution is -2.69. The number of carbonyl (C=O) groups is 2. The normalized spacial score (nSPS) is 15.9. The molecule has 126 valence electrons. The lowest BCUT2D eigenvalue weighted by atomic mass is 9.73. The Hall–Kier alpha value is -2.70. The van der Waals surface area contributed by atoms with Crippen molar-refractivity contribution in [2.24, 2.45) is 11.5 Å². The molecule has 6 heteroatoms. The van der Waals surface area contributed by atoms with Gasteiger partial charge in [-0.05, 0) is 11.1 Å². The summed E-state index contributed by atoms with van der Waals surface area (Å²) < 4.78 is 0. The minimum absolute atomic E-state index is 0.338. The van der Waals surface area contributed by atoms with Crippen LogP contribution >= 0.6 is 0 Å². The van der Waals surface area contributed by atoms with Gasteiger partial charge in [-0.3, -0.25) is 9.59 Å². The van der Waals surface area contributed by atoms with Crippen molar-refractivity contribution in [1.82, 2.24) is 0 Å². The lowest BCUT2D eigenvalue weighted by Gasteiger charge is -2.39. The van der Waals surface area contributed by atoms with Crippen molar-refractivity contribution in [2.75, 3.05) is 0 Å². The number of carbonyl (C=O) groups excluding carboxylic acids is 2. The molecule has 0 aliphatic rings.